The van der Waals surface area contributed by atoms with Gasteiger partial charge in [-0.15, -0.1) is 0 Å². The van der Waals surface area contributed by atoms with Gasteiger partial charge in [-0.2, -0.15) is 0 Å². The Balaban J connectivity index is 2.09. The van der Waals surface area contributed by atoms with Gasteiger partial charge >= 0.3 is 5.97 Å². The topological polar surface area (TPSA) is 49.3 Å². The highest BCUT2D eigenvalue weighted by Crippen LogP contribution is 2.34. The van der Waals surface area contributed by atoms with E-state index in [9.17, 15) is 13.6 Å². The number of halogens is 2. The first kappa shape index (κ1) is 9.43. The third-order valence-electron chi connectivity index (χ3n) is 2.84. The second kappa shape index (κ2) is 3.22. The zero-order valence-electron chi connectivity index (χ0n) is 7.41. The lowest BCUT2D eigenvalue weighted by Crippen LogP contribution is -2.41. The Morgan fingerprint density at radius 3 is 2.71 bits per heavy atom. The van der Waals surface area contributed by atoms with Gasteiger partial charge < -0.3 is 10.4 Å². The van der Waals surface area contributed by atoms with Crippen molar-refractivity contribution in [2.75, 3.05) is 0 Å². The summed E-state index contributed by atoms with van der Waals surface area (Å²) in [6.07, 6.45) is -1.30. The summed E-state index contributed by atoms with van der Waals surface area (Å²) in [6.45, 7) is 0. The molecule has 0 aromatic carbocycles. The van der Waals surface area contributed by atoms with Crippen molar-refractivity contribution in [2.24, 2.45) is 5.92 Å². The van der Waals surface area contributed by atoms with Gasteiger partial charge in [-0.1, -0.05) is 0 Å². The Kier molecular flexibility index (Phi) is 2.17. The number of carboxylic acids is 1. The summed E-state index contributed by atoms with van der Waals surface area (Å²) in [5.74, 6) is -1.24. The third kappa shape index (κ3) is 1.47. The van der Waals surface area contributed by atoms with Gasteiger partial charge in [-0.3, -0.25) is 0 Å². The number of nitrogens with one attached hydrogen (secondary N) is 1. The molecule has 1 heterocycles. The predicted octanol–water partition coefficient (Wildman–Crippen LogP) is 1.01. The van der Waals surface area contributed by atoms with Crippen LogP contribution in [0.25, 0.3) is 0 Å². The van der Waals surface area contributed by atoms with Crippen molar-refractivity contribution >= 4 is 5.97 Å². The molecule has 3 nitrogen and oxygen atoms in total. The highest BCUT2D eigenvalue weighted by molar-refractivity contribution is 5.86. The zero-order chi connectivity index (χ0) is 10.3. The van der Waals surface area contributed by atoms with E-state index < -0.39 is 18.3 Å². The fourth-order valence-electron chi connectivity index (χ4n) is 2.08. The smallest absolute Gasteiger partial charge is 0.351 e. The number of aliphatic carboxylic acids is 1. The van der Waals surface area contributed by atoms with Crippen molar-refractivity contribution in [3.8, 4) is 0 Å². The molecular weight excluding hydrogens is 192 g/mol. The second-order valence-corrected chi connectivity index (χ2v) is 3.80. The molecule has 78 valence electrons. The minimum atomic E-state index is -1.47. The van der Waals surface area contributed by atoms with E-state index in [1.165, 1.54) is 6.08 Å². The fraction of sp³-hybridized carbons (Fsp3) is 0.667. The molecule has 2 rings (SSSR count). The number of carbonyl (C=O) groups is 1. The largest absolute Gasteiger partial charge is 0.477 e. The van der Waals surface area contributed by atoms with Crippen LogP contribution in [0.4, 0.5) is 8.78 Å². The number of carboxylic acid groups (broad SMARTS) is 1. The first-order valence-electron chi connectivity index (χ1n) is 4.57. The van der Waals surface area contributed by atoms with E-state index >= 15 is 0 Å². The van der Waals surface area contributed by atoms with Crippen LogP contribution in [0.5, 0.6) is 0 Å². The summed E-state index contributed by atoms with van der Waals surface area (Å²) < 4.78 is 25.9. The molecule has 0 aromatic heterocycles. The molecule has 0 spiro atoms. The van der Waals surface area contributed by atoms with Crippen molar-refractivity contribution < 1.29 is 18.7 Å². The van der Waals surface area contributed by atoms with Gasteiger partial charge in [0, 0.05) is 18.4 Å². The molecule has 4 unspecified atom stereocenters. The number of rotatable bonds is 1. The Hall–Kier alpha value is -1.13. The minimum Gasteiger partial charge on any atom is -0.477 e. The van der Waals surface area contributed by atoms with Crippen LogP contribution >= 0.6 is 0 Å². The average Bonchev–Trinajstić information content (AvgIpc) is 2.48. The lowest BCUT2D eigenvalue weighted by molar-refractivity contribution is -0.133. The van der Waals surface area contributed by atoms with Crippen molar-refractivity contribution in [2.45, 2.75) is 31.2 Å². The molecule has 4 atom stereocenters. The van der Waals surface area contributed by atoms with E-state index in [1.54, 1.807) is 0 Å². The molecule has 0 aromatic rings. The van der Waals surface area contributed by atoms with E-state index in [0.717, 1.165) is 0 Å². The van der Waals surface area contributed by atoms with Crippen LogP contribution in [0, 0.1) is 5.92 Å². The van der Waals surface area contributed by atoms with Gasteiger partial charge in [-0.25, -0.2) is 13.6 Å². The van der Waals surface area contributed by atoms with Gasteiger partial charge in [-0.05, 0) is 12.5 Å². The number of fused-ring (bicyclic) bond motifs is 1. The van der Waals surface area contributed by atoms with E-state index in [-0.39, 0.29) is 30.5 Å². The molecular formula is C9H11F2NO2. The molecule has 2 N–H and O–H groups in total. The predicted molar refractivity (Wildman–Crippen MR) is 45.2 cm³/mol. The minimum absolute atomic E-state index is 0.0547. The average molecular weight is 203 g/mol. The first-order chi connectivity index (χ1) is 6.58. The molecule has 1 fully saturated rings. The summed E-state index contributed by atoms with van der Waals surface area (Å²) in [5.41, 5.74) is 0.0706. The van der Waals surface area contributed by atoms with E-state index in [4.69, 9.17) is 5.11 Å². The van der Waals surface area contributed by atoms with Gasteiger partial charge in [0.1, 0.15) is 18.0 Å². The van der Waals surface area contributed by atoms with E-state index in [0.29, 0.717) is 0 Å². The quantitative estimate of drug-likeness (QED) is 0.668. The summed E-state index contributed by atoms with van der Waals surface area (Å²) in [4.78, 5) is 10.6. The molecule has 0 amide bonds. The highest BCUT2D eigenvalue weighted by Gasteiger charge is 2.40. The van der Waals surface area contributed by atoms with Gasteiger partial charge in [0.2, 0.25) is 0 Å². The molecule has 1 aliphatic carbocycles. The van der Waals surface area contributed by atoms with Gasteiger partial charge in [0.05, 0.1) is 0 Å². The molecule has 2 aliphatic rings. The van der Waals surface area contributed by atoms with Crippen LogP contribution in [-0.2, 0) is 4.79 Å². The summed E-state index contributed by atoms with van der Waals surface area (Å²) in [5, 5.41) is 11.4. The first-order valence-corrected chi connectivity index (χ1v) is 4.57. The number of alkyl halides is 2. The summed E-state index contributed by atoms with van der Waals surface area (Å²) in [7, 11) is 0. The van der Waals surface area contributed by atoms with Crippen LogP contribution < -0.4 is 5.32 Å². The third-order valence-corrected chi connectivity index (χ3v) is 2.84. The van der Waals surface area contributed by atoms with Crippen molar-refractivity contribution in [1.82, 2.24) is 5.32 Å². The normalized spacial score (nSPS) is 41.1. The Labute approximate surface area is 79.8 Å². The molecule has 0 bridgehead atoms. The molecule has 5 heteroatoms. The SMILES string of the molecule is O=C(O)C1=CC2CC(F)C(F)CC2N1. The second-order valence-electron chi connectivity index (χ2n) is 3.80. The fourth-order valence-corrected chi connectivity index (χ4v) is 2.08. The highest BCUT2D eigenvalue weighted by atomic mass is 19.2. The maximum atomic E-state index is 13.0. The molecule has 1 aliphatic heterocycles. The standard InChI is InChI=1S/C9H11F2NO2/c10-5-1-4-2-8(9(13)14)12-7(4)3-6(5)11/h2,4-7,12H,1,3H2,(H,13,14). The Bertz CT molecular complexity index is 293. The van der Waals surface area contributed by atoms with Gasteiger partial charge in [0.25, 0.3) is 0 Å². The number of hydrogen-bond donors (Lipinski definition) is 2. The van der Waals surface area contributed by atoms with Crippen LogP contribution in [0.3, 0.4) is 0 Å². The zero-order valence-corrected chi connectivity index (χ0v) is 7.41. The van der Waals surface area contributed by atoms with Crippen LogP contribution in [0.2, 0.25) is 0 Å². The van der Waals surface area contributed by atoms with Crippen LogP contribution in [0.15, 0.2) is 11.8 Å². The van der Waals surface area contributed by atoms with Crippen LogP contribution in [-0.4, -0.2) is 29.5 Å². The molecule has 14 heavy (non-hydrogen) atoms. The van der Waals surface area contributed by atoms with E-state index in [2.05, 4.69) is 5.32 Å². The molecule has 0 radical (unpaired) electrons. The van der Waals surface area contributed by atoms with Crippen molar-refractivity contribution in [3.63, 3.8) is 0 Å². The lowest BCUT2D eigenvalue weighted by Gasteiger charge is -2.30. The molecule has 0 saturated heterocycles. The van der Waals surface area contributed by atoms with E-state index in [1.807, 2.05) is 0 Å². The maximum Gasteiger partial charge on any atom is 0.351 e. The Morgan fingerprint density at radius 1 is 1.43 bits per heavy atom. The lowest BCUT2D eigenvalue weighted by atomic mass is 9.84. The maximum absolute atomic E-state index is 13.0. The van der Waals surface area contributed by atoms with Gasteiger partial charge in [0.15, 0.2) is 0 Å². The Morgan fingerprint density at radius 2 is 2.07 bits per heavy atom. The summed E-state index contributed by atoms with van der Waals surface area (Å²) in [6, 6.07) is -0.247. The molecule has 1 saturated carbocycles. The number of hydrogen-bond acceptors (Lipinski definition) is 2. The van der Waals surface area contributed by atoms with Crippen molar-refractivity contribution in [1.29, 1.82) is 0 Å². The van der Waals surface area contributed by atoms with Crippen LogP contribution in [0.1, 0.15) is 12.8 Å². The monoisotopic (exact) mass is 203 g/mol. The summed E-state index contributed by atoms with van der Waals surface area (Å²) >= 11 is 0. The van der Waals surface area contributed by atoms with Crippen molar-refractivity contribution in [3.05, 3.63) is 11.8 Å².